The summed E-state index contributed by atoms with van der Waals surface area (Å²) in [7, 11) is -3.72. The molecule has 2 bridgehead atoms. The lowest BCUT2D eigenvalue weighted by Crippen LogP contribution is -2.54. The van der Waals surface area contributed by atoms with Gasteiger partial charge in [-0.15, -0.1) is 4.83 Å². The number of non-ortho nitro benzene ring substituents is 1. The van der Waals surface area contributed by atoms with Crippen LogP contribution >= 0.6 is 0 Å². The Hall–Kier alpha value is -2.27. The number of hydrogen-bond acceptors (Lipinski definition) is 7. The van der Waals surface area contributed by atoms with Gasteiger partial charge in [-0.3, -0.25) is 20.2 Å². The van der Waals surface area contributed by atoms with Crippen molar-refractivity contribution in [2.45, 2.75) is 33.1 Å². The van der Waals surface area contributed by atoms with Gasteiger partial charge < -0.3 is 5.43 Å². The van der Waals surface area contributed by atoms with E-state index in [1.165, 1.54) is 0 Å². The summed E-state index contributed by atoms with van der Waals surface area (Å²) in [5, 5.41) is 21.9. The Bertz CT molecular complexity index is 883. The van der Waals surface area contributed by atoms with E-state index in [0.717, 1.165) is 37.5 Å². The molecule has 0 amide bonds. The Morgan fingerprint density at radius 2 is 1.89 bits per heavy atom. The first-order valence-corrected chi connectivity index (χ1v) is 10.3. The van der Waals surface area contributed by atoms with Crippen LogP contribution in [-0.2, 0) is 10.0 Å². The number of rotatable bonds is 7. The molecule has 1 aromatic rings. The molecule has 3 atom stereocenters. The van der Waals surface area contributed by atoms with E-state index in [9.17, 15) is 28.6 Å². The standard InChI is InChI=1S/C16H22N4O6S/c1-16(2)11-4-3-10(13(16)7-11)9-27(25,26)18-17-14-6-5-12(19(21)22)8-15(14)20(23)24/h5-6,8,10-11,13,17-18H,3-4,7,9H2,1-2H3/t10-,11-,13-/m0/s1. The van der Waals surface area contributed by atoms with Crippen LogP contribution in [0.1, 0.15) is 33.1 Å². The van der Waals surface area contributed by atoms with E-state index in [1.54, 1.807) is 0 Å². The molecule has 3 fully saturated rings. The molecule has 2 N–H and O–H groups in total. The fourth-order valence-corrected chi connectivity index (χ4v) is 5.82. The van der Waals surface area contributed by atoms with Crippen molar-refractivity contribution in [3.05, 3.63) is 38.4 Å². The van der Waals surface area contributed by atoms with Crippen molar-refractivity contribution in [3.8, 4) is 0 Å². The first kappa shape index (κ1) is 19.5. The quantitative estimate of drug-likeness (QED) is 0.530. The Kier molecular flexibility index (Phi) is 4.85. The molecule has 11 heteroatoms. The van der Waals surface area contributed by atoms with Gasteiger partial charge in [-0.1, -0.05) is 13.8 Å². The number of nitrogens with zero attached hydrogens (tertiary/aromatic N) is 2. The second kappa shape index (κ2) is 6.71. The fourth-order valence-electron chi connectivity index (χ4n) is 4.51. The SMILES string of the molecule is CC1(C)[C@H]2CC[C@@H](CS(=O)(=O)NNc3ccc([N+](=O)[O-])cc3[N+](=O)[O-])[C@@H]1C2. The maximum atomic E-state index is 12.5. The maximum Gasteiger partial charge on any atom is 0.300 e. The second-order valence-corrected chi connectivity index (χ2v) is 9.69. The van der Waals surface area contributed by atoms with Gasteiger partial charge in [0.2, 0.25) is 10.0 Å². The van der Waals surface area contributed by atoms with E-state index in [-0.39, 0.29) is 22.8 Å². The van der Waals surface area contributed by atoms with Crippen molar-refractivity contribution in [1.29, 1.82) is 0 Å². The largest absolute Gasteiger partial charge is 0.302 e. The molecule has 10 nitrogen and oxygen atoms in total. The van der Waals surface area contributed by atoms with Crippen LogP contribution in [0, 0.1) is 43.4 Å². The van der Waals surface area contributed by atoms with Gasteiger partial charge in [0.1, 0.15) is 5.69 Å². The number of nitrogens with one attached hydrogen (secondary N) is 2. The van der Waals surface area contributed by atoms with Crippen molar-refractivity contribution in [1.82, 2.24) is 4.83 Å². The van der Waals surface area contributed by atoms with Gasteiger partial charge in [-0.25, -0.2) is 8.42 Å². The van der Waals surface area contributed by atoms with Crippen molar-refractivity contribution >= 4 is 27.1 Å². The molecule has 0 aliphatic heterocycles. The van der Waals surface area contributed by atoms with Crippen molar-refractivity contribution < 1.29 is 18.3 Å². The van der Waals surface area contributed by atoms with Crippen molar-refractivity contribution in [3.63, 3.8) is 0 Å². The van der Waals surface area contributed by atoms with Crippen LogP contribution in [-0.4, -0.2) is 24.0 Å². The van der Waals surface area contributed by atoms with Crippen molar-refractivity contribution in [2.75, 3.05) is 11.2 Å². The Balaban J connectivity index is 1.69. The van der Waals surface area contributed by atoms with Gasteiger partial charge in [0.15, 0.2) is 0 Å². The van der Waals surface area contributed by atoms with E-state index in [1.807, 2.05) is 0 Å². The molecule has 3 saturated carbocycles. The summed E-state index contributed by atoms with van der Waals surface area (Å²) in [5.41, 5.74) is 1.32. The molecule has 3 aliphatic carbocycles. The van der Waals surface area contributed by atoms with Gasteiger partial charge in [-0.2, -0.15) is 0 Å². The summed E-state index contributed by atoms with van der Waals surface area (Å²) in [6.07, 6.45) is 2.93. The molecule has 148 valence electrons. The number of hydrazine groups is 1. The molecule has 3 aliphatic rings. The zero-order valence-corrected chi connectivity index (χ0v) is 15.9. The minimum absolute atomic E-state index is 0.0520. The summed E-state index contributed by atoms with van der Waals surface area (Å²) in [6, 6.07) is 2.97. The highest BCUT2D eigenvalue weighted by Crippen LogP contribution is 2.61. The van der Waals surface area contributed by atoms with Crippen LogP contribution < -0.4 is 10.3 Å². The van der Waals surface area contributed by atoms with E-state index >= 15 is 0 Å². The molecule has 0 radical (unpaired) electrons. The molecule has 27 heavy (non-hydrogen) atoms. The third-order valence-electron chi connectivity index (χ3n) is 6.16. The first-order chi connectivity index (χ1) is 12.5. The molecule has 0 heterocycles. The summed E-state index contributed by atoms with van der Waals surface area (Å²) in [4.78, 5) is 22.5. The molecule has 1 aromatic carbocycles. The highest BCUT2D eigenvalue weighted by molar-refractivity contribution is 7.89. The van der Waals surface area contributed by atoms with Gasteiger partial charge >= 0.3 is 5.69 Å². The Labute approximate surface area is 156 Å². The van der Waals surface area contributed by atoms with Crippen LogP contribution in [0.4, 0.5) is 17.1 Å². The number of benzene rings is 1. The topological polar surface area (TPSA) is 144 Å². The van der Waals surface area contributed by atoms with Gasteiger partial charge in [0.25, 0.3) is 5.69 Å². The predicted molar refractivity (Wildman–Crippen MR) is 98.4 cm³/mol. The third-order valence-corrected chi connectivity index (χ3v) is 7.44. The Morgan fingerprint density at radius 3 is 2.44 bits per heavy atom. The average Bonchev–Trinajstić information content (AvgIpc) is 2.59. The lowest BCUT2D eigenvalue weighted by Gasteiger charge is -2.60. The predicted octanol–water partition coefficient (Wildman–Crippen LogP) is 2.82. The van der Waals surface area contributed by atoms with Crippen LogP contribution in [0.5, 0.6) is 0 Å². The minimum Gasteiger partial charge on any atom is -0.302 e. The first-order valence-electron chi connectivity index (χ1n) is 8.69. The van der Waals surface area contributed by atoms with Crippen LogP contribution in [0.3, 0.4) is 0 Å². The lowest BCUT2D eigenvalue weighted by atomic mass is 9.46. The van der Waals surface area contributed by atoms with Gasteiger partial charge in [-0.05, 0) is 48.5 Å². The maximum absolute atomic E-state index is 12.5. The van der Waals surface area contributed by atoms with Crippen LogP contribution in [0.15, 0.2) is 18.2 Å². The third kappa shape index (κ3) is 3.74. The van der Waals surface area contributed by atoms with E-state index < -0.39 is 31.2 Å². The van der Waals surface area contributed by atoms with Gasteiger partial charge in [0, 0.05) is 6.07 Å². The summed E-state index contributed by atoms with van der Waals surface area (Å²) in [5.74, 6) is 1.02. The number of fused-ring (bicyclic) bond motifs is 2. The lowest BCUT2D eigenvalue weighted by molar-refractivity contribution is -0.393. The molecule has 0 saturated heterocycles. The molecule has 4 rings (SSSR count). The number of sulfonamides is 1. The van der Waals surface area contributed by atoms with E-state index in [0.29, 0.717) is 11.8 Å². The minimum atomic E-state index is -3.72. The molecular formula is C16H22N4O6S. The number of nitro groups is 2. The monoisotopic (exact) mass is 398 g/mol. The van der Waals surface area contributed by atoms with Crippen LogP contribution in [0.2, 0.25) is 0 Å². The molecule has 0 spiro atoms. The summed E-state index contributed by atoms with van der Waals surface area (Å²) in [6.45, 7) is 4.35. The zero-order valence-electron chi connectivity index (χ0n) is 15.0. The molecular weight excluding hydrogens is 376 g/mol. The summed E-state index contributed by atoms with van der Waals surface area (Å²) < 4.78 is 24.9. The second-order valence-electron chi connectivity index (χ2n) is 7.92. The van der Waals surface area contributed by atoms with Gasteiger partial charge in [0.05, 0.1) is 21.7 Å². The normalized spacial score (nSPS) is 26.1. The number of anilines is 1. The summed E-state index contributed by atoms with van der Waals surface area (Å²) >= 11 is 0. The zero-order chi connectivity index (χ0) is 20.0. The van der Waals surface area contributed by atoms with Crippen molar-refractivity contribution in [2.24, 2.45) is 23.2 Å². The molecule has 0 aromatic heterocycles. The number of hydrogen-bond donors (Lipinski definition) is 2. The van der Waals surface area contributed by atoms with E-state index in [2.05, 4.69) is 24.1 Å². The van der Waals surface area contributed by atoms with E-state index in [4.69, 9.17) is 0 Å². The Morgan fingerprint density at radius 1 is 1.19 bits per heavy atom. The fraction of sp³-hybridized carbons (Fsp3) is 0.625. The molecule has 0 unspecified atom stereocenters. The van der Waals surface area contributed by atoms with Crippen LogP contribution in [0.25, 0.3) is 0 Å². The number of nitro benzene ring substituents is 2. The highest BCUT2D eigenvalue weighted by Gasteiger charge is 2.54. The highest BCUT2D eigenvalue weighted by atomic mass is 32.2. The smallest absolute Gasteiger partial charge is 0.300 e. The average molecular weight is 398 g/mol.